The first-order valence-corrected chi connectivity index (χ1v) is 15.0. The van der Waals surface area contributed by atoms with Crippen LogP contribution in [0.15, 0.2) is 85.0 Å². The number of ether oxygens (including phenoxy) is 1. The highest BCUT2D eigenvalue weighted by atomic mass is 28.4. The van der Waals surface area contributed by atoms with Gasteiger partial charge in [-0.2, -0.15) is 0 Å². The second-order valence-corrected chi connectivity index (χ2v) is 16.0. The monoisotopic (exact) mass is 486 g/mol. The van der Waals surface area contributed by atoms with Crippen molar-refractivity contribution in [2.45, 2.75) is 64.2 Å². The van der Waals surface area contributed by atoms with Crippen LogP contribution in [-0.2, 0) is 14.0 Å². The Bertz CT molecular complexity index is 1060. The van der Waals surface area contributed by atoms with E-state index in [1.54, 1.807) is 0 Å². The summed E-state index contributed by atoms with van der Waals surface area (Å²) in [6, 6.07) is 21.4. The lowest BCUT2D eigenvalue weighted by atomic mass is 9.56. The van der Waals surface area contributed by atoms with E-state index in [1.165, 1.54) is 10.4 Å². The summed E-state index contributed by atoms with van der Waals surface area (Å²) in [5, 5.41) is 2.46. The Balaban J connectivity index is 1.45. The minimum absolute atomic E-state index is 0.0784. The lowest BCUT2D eigenvalue weighted by Gasteiger charge is -2.51. The van der Waals surface area contributed by atoms with Crippen LogP contribution in [-0.4, -0.2) is 32.9 Å². The maximum Gasteiger partial charge on any atom is 0.261 e. The van der Waals surface area contributed by atoms with Crippen LogP contribution in [0.25, 0.3) is 0 Å². The number of benzene rings is 2. The molecule has 0 radical (unpaired) electrons. The van der Waals surface area contributed by atoms with Gasteiger partial charge in [0.15, 0.2) is 0 Å². The fourth-order valence-corrected chi connectivity index (χ4v) is 11.4. The average molecular weight is 487 g/mol. The highest BCUT2D eigenvalue weighted by molar-refractivity contribution is 6.99. The number of allylic oxidation sites excluding steroid dienone is 2. The number of ketones is 1. The summed E-state index contributed by atoms with van der Waals surface area (Å²) in [4.78, 5) is 13.1. The van der Waals surface area contributed by atoms with Crippen LogP contribution in [0, 0.1) is 17.3 Å². The number of carbonyl (C=O) groups excluding carboxylic acids is 1. The normalized spacial score (nSPS) is 30.6. The van der Waals surface area contributed by atoms with Gasteiger partial charge in [-0.25, -0.2) is 0 Å². The summed E-state index contributed by atoms with van der Waals surface area (Å²) in [7, 11) is -2.63. The van der Waals surface area contributed by atoms with Crippen molar-refractivity contribution in [2.24, 2.45) is 17.3 Å². The molecule has 2 aromatic rings. The molecule has 4 heteroatoms. The van der Waals surface area contributed by atoms with Crippen molar-refractivity contribution >= 4 is 24.5 Å². The van der Waals surface area contributed by atoms with Gasteiger partial charge in [0.2, 0.25) is 0 Å². The molecule has 1 saturated carbocycles. The molecule has 2 aromatic carbocycles. The van der Waals surface area contributed by atoms with Gasteiger partial charge >= 0.3 is 0 Å². The van der Waals surface area contributed by atoms with Crippen LogP contribution < -0.4 is 10.4 Å². The molecular formula is C31H38O3Si. The van der Waals surface area contributed by atoms with Crippen molar-refractivity contribution in [2.75, 3.05) is 6.61 Å². The van der Waals surface area contributed by atoms with E-state index in [4.69, 9.17) is 9.16 Å². The average Bonchev–Trinajstić information content (AvgIpc) is 2.85. The first kappa shape index (κ1) is 24.4. The van der Waals surface area contributed by atoms with Crippen LogP contribution >= 0.6 is 0 Å². The predicted molar refractivity (Wildman–Crippen MR) is 144 cm³/mol. The Morgan fingerprint density at radius 1 is 1.00 bits per heavy atom. The zero-order valence-corrected chi connectivity index (χ0v) is 22.4. The fourth-order valence-electron chi connectivity index (χ4n) is 6.79. The molecule has 2 aliphatic carbocycles. The molecule has 35 heavy (non-hydrogen) atoms. The van der Waals surface area contributed by atoms with Crippen LogP contribution in [0.4, 0.5) is 0 Å². The molecule has 0 spiro atoms. The molecule has 5 atom stereocenters. The van der Waals surface area contributed by atoms with Gasteiger partial charge in [0.25, 0.3) is 8.32 Å². The second kappa shape index (κ2) is 9.31. The third kappa shape index (κ3) is 4.20. The Hall–Kier alpha value is -2.27. The van der Waals surface area contributed by atoms with E-state index in [9.17, 15) is 4.79 Å². The standard InChI is InChI=1S/C31H38O3Si/c1-30(2,3)35(24-13-7-5-8-14-24,25-15-9-6-10-16-25)33-22-23-18-19-27-29(34-23)21-28(32)26-17-11-12-20-31(26,27)4/h5-10,12-16,18-20,23,26-27,29H,11,17,21-22H2,1-4H3/t23-,26+,27?,29+,31-/m0/s1. The Morgan fingerprint density at radius 2 is 1.63 bits per heavy atom. The summed E-state index contributed by atoms with van der Waals surface area (Å²) >= 11 is 0. The van der Waals surface area contributed by atoms with Crippen molar-refractivity contribution < 1.29 is 14.0 Å². The molecule has 1 aliphatic heterocycles. The zero-order chi connectivity index (χ0) is 24.7. The maximum atomic E-state index is 13.1. The lowest BCUT2D eigenvalue weighted by molar-refractivity contribution is -0.147. The quantitative estimate of drug-likeness (QED) is 0.417. The molecule has 0 saturated heterocycles. The van der Waals surface area contributed by atoms with Gasteiger partial charge in [0.05, 0.1) is 18.8 Å². The van der Waals surface area contributed by atoms with Gasteiger partial charge in [-0.15, -0.1) is 0 Å². The minimum atomic E-state index is -2.63. The molecule has 1 fully saturated rings. The molecular weight excluding hydrogens is 448 g/mol. The topological polar surface area (TPSA) is 35.5 Å². The molecule has 184 valence electrons. The van der Waals surface area contributed by atoms with Crippen molar-refractivity contribution in [3.63, 3.8) is 0 Å². The minimum Gasteiger partial charge on any atom is -0.404 e. The van der Waals surface area contributed by atoms with Gasteiger partial charge in [-0.05, 0) is 28.3 Å². The molecule has 5 rings (SSSR count). The highest BCUT2D eigenvalue weighted by Crippen LogP contribution is 2.51. The van der Waals surface area contributed by atoms with Crippen molar-refractivity contribution in [1.82, 2.24) is 0 Å². The van der Waals surface area contributed by atoms with Crippen LogP contribution in [0.3, 0.4) is 0 Å². The lowest BCUT2D eigenvalue weighted by Crippen LogP contribution is -2.67. The van der Waals surface area contributed by atoms with Gasteiger partial charge in [-0.1, -0.05) is 113 Å². The van der Waals surface area contributed by atoms with E-state index in [0.29, 0.717) is 18.8 Å². The van der Waals surface area contributed by atoms with Crippen LogP contribution in [0.2, 0.25) is 5.04 Å². The third-order valence-electron chi connectivity index (χ3n) is 8.52. The van der Waals surface area contributed by atoms with Crippen molar-refractivity contribution in [1.29, 1.82) is 0 Å². The van der Waals surface area contributed by atoms with E-state index in [2.05, 4.69) is 113 Å². The maximum absolute atomic E-state index is 13.1. The summed E-state index contributed by atoms with van der Waals surface area (Å²) in [6.45, 7) is 9.61. The van der Waals surface area contributed by atoms with Crippen LogP contribution in [0.5, 0.6) is 0 Å². The number of hydrogen-bond acceptors (Lipinski definition) is 3. The smallest absolute Gasteiger partial charge is 0.261 e. The van der Waals surface area contributed by atoms with Gasteiger partial charge in [-0.3, -0.25) is 4.79 Å². The van der Waals surface area contributed by atoms with Gasteiger partial charge < -0.3 is 9.16 Å². The summed E-state index contributed by atoms with van der Waals surface area (Å²) < 4.78 is 13.7. The molecule has 0 amide bonds. The Labute approximate surface area is 211 Å². The molecule has 1 unspecified atom stereocenters. The van der Waals surface area contributed by atoms with Crippen LogP contribution in [0.1, 0.15) is 47.0 Å². The van der Waals surface area contributed by atoms with Gasteiger partial charge in [0.1, 0.15) is 5.78 Å². The third-order valence-corrected chi connectivity index (χ3v) is 13.5. The zero-order valence-electron chi connectivity index (χ0n) is 21.4. The van der Waals surface area contributed by atoms with E-state index in [1.807, 2.05) is 0 Å². The largest absolute Gasteiger partial charge is 0.404 e. The second-order valence-electron chi connectivity index (χ2n) is 11.7. The Morgan fingerprint density at radius 3 is 2.23 bits per heavy atom. The number of rotatable bonds is 5. The summed E-state index contributed by atoms with van der Waals surface area (Å²) in [5.74, 6) is 0.720. The number of carbonyl (C=O) groups is 1. The number of fused-ring (bicyclic) bond motifs is 3. The van der Waals surface area contributed by atoms with Crippen molar-refractivity contribution in [3.05, 3.63) is 85.0 Å². The van der Waals surface area contributed by atoms with E-state index in [-0.39, 0.29) is 34.5 Å². The fraction of sp³-hybridized carbons (Fsp3) is 0.452. The highest BCUT2D eigenvalue weighted by Gasteiger charge is 2.53. The molecule has 3 aliphatic rings. The first-order chi connectivity index (χ1) is 16.8. The number of Topliss-reactive ketones (excluding diaryl/α,β-unsaturated/α-hetero) is 1. The molecule has 0 N–H and O–H groups in total. The van der Waals surface area contributed by atoms with Crippen molar-refractivity contribution in [3.8, 4) is 0 Å². The summed E-state index contributed by atoms with van der Waals surface area (Å²) in [5.41, 5.74) is -0.140. The summed E-state index contributed by atoms with van der Waals surface area (Å²) in [6.07, 6.45) is 11.3. The Kier molecular flexibility index (Phi) is 6.50. The molecule has 3 nitrogen and oxygen atoms in total. The van der Waals surface area contributed by atoms with Gasteiger partial charge in [0, 0.05) is 23.7 Å². The first-order valence-electron chi connectivity index (χ1n) is 13.0. The molecule has 1 heterocycles. The van der Waals surface area contributed by atoms with E-state index >= 15 is 0 Å². The predicted octanol–water partition coefficient (Wildman–Crippen LogP) is 5.45. The molecule has 0 bridgehead atoms. The van der Waals surface area contributed by atoms with E-state index < -0.39 is 8.32 Å². The molecule has 0 aromatic heterocycles. The number of hydrogen-bond donors (Lipinski definition) is 0. The SMILES string of the molecule is CC(C)(C)[Si](OC[C@@H]1C=CC2[C@@H](CC(=O)[C@H]3CCC=C[C@]23C)O1)(c1ccccc1)c1ccccc1. The van der Waals surface area contributed by atoms with E-state index in [0.717, 1.165) is 12.8 Å².